The lowest BCUT2D eigenvalue weighted by molar-refractivity contribution is -0.145. The molecule has 2 fully saturated rings. The predicted molar refractivity (Wildman–Crippen MR) is 154 cm³/mol. The number of carbonyl (C=O) groups is 3. The van der Waals surface area contributed by atoms with Gasteiger partial charge in [-0.2, -0.15) is 0 Å². The first-order valence-electron chi connectivity index (χ1n) is 14.3. The molecule has 1 amide bonds. The number of aromatic nitrogens is 1. The first kappa shape index (κ1) is 28.6. The van der Waals surface area contributed by atoms with E-state index in [9.17, 15) is 19.5 Å². The number of rotatable bonds is 8. The van der Waals surface area contributed by atoms with Crippen molar-refractivity contribution in [3.05, 3.63) is 53.4 Å². The van der Waals surface area contributed by atoms with E-state index in [2.05, 4.69) is 4.98 Å². The van der Waals surface area contributed by atoms with Crippen molar-refractivity contribution in [1.82, 2.24) is 4.98 Å². The lowest BCUT2D eigenvalue weighted by Crippen LogP contribution is -2.56. The largest absolute Gasteiger partial charge is 0.496 e. The van der Waals surface area contributed by atoms with Crippen LogP contribution >= 0.6 is 11.3 Å². The summed E-state index contributed by atoms with van der Waals surface area (Å²) in [6.45, 7) is 3.14. The minimum Gasteiger partial charge on any atom is -0.496 e. The van der Waals surface area contributed by atoms with Crippen LogP contribution in [0.4, 0.5) is 5.00 Å². The standard InChI is InChI=1S/C31H34N2O8S/c1-18-24-26(34)31(11-5-6-19(16-31)29(35)36)30(37)33(28(24)42-25(18)27-32-12-15-40-27)17-23(41-20-9-13-39-14-10-20)21-7-3-4-8-22(21)38-2/h3-4,7-8,12,15,19-20,23H,5-6,9-11,13-14,16-17H2,1-2H3,(H,35,36)/t19-,23?,31?/m0/s1. The number of hydrogen-bond acceptors (Lipinski definition) is 9. The first-order chi connectivity index (χ1) is 20.3. The van der Waals surface area contributed by atoms with Gasteiger partial charge in [0.2, 0.25) is 11.8 Å². The van der Waals surface area contributed by atoms with Gasteiger partial charge in [-0.1, -0.05) is 24.6 Å². The fraction of sp³-hybridized carbons (Fsp3) is 0.484. The normalized spacial score (nSPS) is 23.7. The summed E-state index contributed by atoms with van der Waals surface area (Å²) in [4.78, 5) is 47.7. The lowest BCUT2D eigenvalue weighted by Gasteiger charge is -2.44. The zero-order valence-corrected chi connectivity index (χ0v) is 24.5. The van der Waals surface area contributed by atoms with Crippen LogP contribution in [-0.2, 0) is 19.1 Å². The molecule has 0 bridgehead atoms. The molecule has 2 aromatic heterocycles. The van der Waals surface area contributed by atoms with Crippen LogP contribution < -0.4 is 9.64 Å². The van der Waals surface area contributed by atoms with Crippen LogP contribution in [0.3, 0.4) is 0 Å². The number of oxazole rings is 1. The summed E-state index contributed by atoms with van der Waals surface area (Å²) in [5, 5.41) is 10.4. The molecular formula is C31H34N2O8S. The van der Waals surface area contributed by atoms with E-state index in [1.807, 2.05) is 31.2 Å². The number of aliphatic carboxylic acids is 1. The number of nitrogens with zero attached hydrogens (tertiary/aromatic N) is 2. The number of Topliss-reactive ketones (excluding diaryl/α,β-unsaturated/α-hetero) is 1. The average molecular weight is 595 g/mol. The van der Waals surface area contributed by atoms with Gasteiger partial charge in [0.15, 0.2) is 5.78 Å². The van der Waals surface area contributed by atoms with E-state index >= 15 is 0 Å². The molecule has 1 N–H and O–H groups in total. The van der Waals surface area contributed by atoms with Gasteiger partial charge in [-0.3, -0.25) is 19.3 Å². The quantitative estimate of drug-likeness (QED) is 0.339. The highest BCUT2D eigenvalue weighted by Gasteiger charge is 2.57. The van der Waals surface area contributed by atoms with E-state index in [0.717, 1.165) is 18.4 Å². The topological polar surface area (TPSA) is 128 Å². The molecule has 3 aromatic rings. The highest BCUT2D eigenvalue weighted by atomic mass is 32.1. The fourth-order valence-electron chi connectivity index (χ4n) is 6.59. The van der Waals surface area contributed by atoms with Crippen LogP contribution in [0, 0.1) is 18.3 Å². The maximum Gasteiger partial charge on any atom is 0.306 e. The monoisotopic (exact) mass is 594 g/mol. The van der Waals surface area contributed by atoms with Gasteiger partial charge in [-0.15, -0.1) is 11.3 Å². The number of carboxylic acids is 1. The third-order valence-corrected chi connectivity index (χ3v) is 10.1. The Morgan fingerprint density at radius 3 is 2.74 bits per heavy atom. The zero-order valence-electron chi connectivity index (χ0n) is 23.7. The molecule has 1 spiro atoms. The fourth-order valence-corrected chi connectivity index (χ4v) is 7.84. The Labute approximate surface area is 247 Å². The SMILES string of the molecule is COc1ccccc1C(CN1C(=O)C2(CCC[C@H](C(=O)O)C2)C(=O)c2c1sc(-c1ncco1)c2C)OC1CCOCC1. The van der Waals surface area contributed by atoms with Crippen LogP contribution in [0.1, 0.15) is 66.1 Å². The van der Waals surface area contributed by atoms with Crippen molar-refractivity contribution < 1.29 is 38.1 Å². The minimum atomic E-state index is -1.46. The van der Waals surface area contributed by atoms with Crippen molar-refractivity contribution in [2.75, 3.05) is 31.8 Å². The number of para-hydroxylation sites is 1. The zero-order chi connectivity index (χ0) is 29.4. The summed E-state index contributed by atoms with van der Waals surface area (Å²) in [7, 11) is 1.60. The van der Waals surface area contributed by atoms with E-state index in [-0.39, 0.29) is 30.8 Å². The van der Waals surface area contributed by atoms with Crippen LogP contribution in [0.25, 0.3) is 10.8 Å². The van der Waals surface area contributed by atoms with Crippen molar-refractivity contribution >= 4 is 34.0 Å². The molecule has 2 aliphatic heterocycles. The number of carboxylic acid groups (broad SMARTS) is 1. The van der Waals surface area contributed by atoms with Gasteiger partial charge in [0.25, 0.3) is 0 Å². The maximum absolute atomic E-state index is 14.6. The summed E-state index contributed by atoms with van der Waals surface area (Å²) in [5.41, 5.74) is 0.442. The number of anilines is 1. The van der Waals surface area contributed by atoms with E-state index in [4.69, 9.17) is 18.6 Å². The molecule has 1 saturated heterocycles. The van der Waals surface area contributed by atoms with Gasteiger partial charge in [0.05, 0.1) is 42.3 Å². The third-order valence-electron chi connectivity index (χ3n) is 8.78. The van der Waals surface area contributed by atoms with Crippen molar-refractivity contribution in [3.63, 3.8) is 0 Å². The van der Waals surface area contributed by atoms with Gasteiger partial charge in [0, 0.05) is 18.8 Å². The molecule has 11 heteroatoms. The van der Waals surface area contributed by atoms with Crippen LogP contribution in [0.15, 0.2) is 41.1 Å². The van der Waals surface area contributed by atoms with Crippen molar-refractivity contribution in [2.45, 2.75) is 57.7 Å². The van der Waals surface area contributed by atoms with Crippen LogP contribution in [-0.4, -0.2) is 60.7 Å². The second-order valence-electron chi connectivity index (χ2n) is 11.2. The predicted octanol–water partition coefficient (Wildman–Crippen LogP) is 5.45. The Morgan fingerprint density at radius 1 is 1.24 bits per heavy atom. The van der Waals surface area contributed by atoms with Crippen LogP contribution in [0.5, 0.6) is 5.75 Å². The molecule has 42 heavy (non-hydrogen) atoms. The number of carbonyl (C=O) groups excluding carboxylic acids is 2. The number of ketones is 1. The molecular weight excluding hydrogens is 560 g/mol. The van der Waals surface area contributed by atoms with Gasteiger partial charge < -0.3 is 23.7 Å². The number of thiophene rings is 1. The Bertz CT molecular complexity index is 1480. The Hall–Kier alpha value is -3.54. The molecule has 3 atom stereocenters. The van der Waals surface area contributed by atoms with E-state index in [1.165, 1.54) is 23.8 Å². The number of methoxy groups -OCH3 is 1. The number of fused-ring (bicyclic) bond motifs is 1. The van der Waals surface area contributed by atoms with E-state index in [0.29, 0.717) is 65.1 Å². The molecule has 1 saturated carbocycles. The Morgan fingerprint density at radius 2 is 2.02 bits per heavy atom. The van der Waals surface area contributed by atoms with E-state index in [1.54, 1.807) is 12.0 Å². The van der Waals surface area contributed by atoms with Gasteiger partial charge in [-0.05, 0) is 50.7 Å². The first-order valence-corrected chi connectivity index (χ1v) is 15.1. The summed E-state index contributed by atoms with van der Waals surface area (Å²) in [6.07, 6.45) is 4.98. The second kappa shape index (κ2) is 11.6. The summed E-state index contributed by atoms with van der Waals surface area (Å²) in [6, 6.07) is 7.57. The highest BCUT2D eigenvalue weighted by molar-refractivity contribution is 7.20. The molecule has 0 radical (unpaired) electrons. The Kier molecular flexibility index (Phi) is 7.91. The van der Waals surface area contributed by atoms with Crippen molar-refractivity contribution in [1.29, 1.82) is 0 Å². The molecule has 1 aliphatic carbocycles. The summed E-state index contributed by atoms with van der Waals surface area (Å²) < 4.78 is 23.5. The van der Waals surface area contributed by atoms with E-state index < -0.39 is 23.4 Å². The molecule has 10 nitrogen and oxygen atoms in total. The number of hydrogen-bond donors (Lipinski definition) is 1. The smallest absolute Gasteiger partial charge is 0.306 e. The molecule has 3 aliphatic rings. The summed E-state index contributed by atoms with van der Waals surface area (Å²) >= 11 is 1.29. The van der Waals surface area contributed by atoms with Crippen molar-refractivity contribution in [3.8, 4) is 16.5 Å². The minimum absolute atomic E-state index is 0.0281. The van der Waals surface area contributed by atoms with Crippen molar-refractivity contribution in [2.24, 2.45) is 11.3 Å². The molecule has 2 unspecified atom stereocenters. The molecule has 6 rings (SSSR count). The van der Waals surface area contributed by atoms with Gasteiger partial charge in [-0.25, -0.2) is 4.98 Å². The van der Waals surface area contributed by atoms with Gasteiger partial charge >= 0.3 is 5.97 Å². The average Bonchev–Trinajstić information content (AvgIpc) is 3.66. The van der Waals surface area contributed by atoms with Crippen LogP contribution in [0.2, 0.25) is 0 Å². The summed E-state index contributed by atoms with van der Waals surface area (Å²) in [5.74, 6) is -1.44. The Balaban J connectivity index is 1.47. The molecule has 1 aromatic carbocycles. The van der Waals surface area contributed by atoms with Gasteiger partial charge in [0.1, 0.15) is 28.5 Å². The third kappa shape index (κ3) is 4.93. The number of ether oxygens (including phenoxy) is 3. The molecule has 4 heterocycles. The lowest BCUT2D eigenvalue weighted by atomic mass is 9.63. The highest BCUT2D eigenvalue weighted by Crippen LogP contribution is 2.54. The second-order valence-corrected chi connectivity index (χ2v) is 12.2. The maximum atomic E-state index is 14.6. The molecule has 222 valence electrons. The number of amides is 1. The number of benzene rings is 1.